The van der Waals surface area contributed by atoms with Gasteiger partial charge in [-0.3, -0.25) is 9.69 Å². The first-order valence-electron chi connectivity index (χ1n) is 12.4. The zero-order valence-corrected chi connectivity index (χ0v) is 21.2. The summed E-state index contributed by atoms with van der Waals surface area (Å²) in [6, 6.07) is 12.5. The minimum atomic E-state index is 0.0434. The van der Waals surface area contributed by atoms with E-state index in [1.165, 1.54) is 9.75 Å². The van der Waals surface area contributed by atoms with Crippen LogP contribution in [0.2, 0.25) is 0 Å². The lowest BCUT2D eigenvalue weighted by Crippen LogP contribution is -2.42. The highest BCUT2D eigenvalue weighted by molar-refractivity contribution is 7.11. The molecule has 0 bridgehead atoms. The molecule has 2 fully saturated rings. The summed E-state index contributed by atoms with van der Waals surface area (Å²) in [6.07, 6.45) is 2.73. The van der Waals surface area contributed by atoms with E-state index < -0.39 is 0 Å². The summed E-state index contributed by atoms with van der Waals surface area (Å²) in [5, 5.41) is 7.36. The van der Waals surface area contributed by atoms with Crippen LogP contribution in [0.4, 0.5) is 6.01 Å². The molecular formula is C26H33N5O3S. The van der Waals surface area contributed by atoms with Gasteiger partial charge in [-0.25, -0.2) is 0 Å². The van der Waals surface area contributed by atoms with Gasteiger partial charge in [-0.1, -0.05) is 5.16 Å². The maximum atomic E-state index is 12.8. The van der Waals surface area contributed by atoms with Gasteiger partial charge in [-0.2, -0.15) is 4.98 Å². The minimum absolute atomic E-state index is 0.0434. The first kappa shape index (κ1) is 23.8. The molecule has 2 aliphatic rings. The smallest absolute Gasteiger partial charge is 0.324 e. The van der Waals surface area contributed by atoms with Crippen molar-refractivity contribution in [2.75, 3.05) is 44.7 Å². The molecule has 0 spiro atoms. The molecule has 8 nitrogen and oxygen atoms in total. The molecular weight excluding hydrogens is 462 g/mol. The highest BCUT2D eigenvalue weighted by atomic mass is 32.1. The molecule has 1 unspecified atom stereocenters. The number of rotatable bonds is 8. The lowest BCUT2D eigenvalue weighted by atomic mass is 9.96. The average molecular weight is 496 g/mol. The van der Waals surface area contributed by atoms with Gasteiger partial charge in [0.05, 0.1) is 7.11 Å². The van der Waals surface area contributed by atoms with Crippen molar-refractivity contribution in [1.29, 1.82) is 0 Å². The molecule has 0 saturated carbocycles. The van der Waals surface area contributed by atoms with Crippen LogP contribution in [0.15, 0.2) is 40.9 Å². The van der Waals surface area contributed by atoms with Crippen molar-refractivity contribution in [3.05, 3.63) is 46.2 Å². The van der Waals surface area contributed by atoms with Crippen molar-refractivity contribution >= 4 is 23.3 Å². The van der Waals surface area contributed by atoms with Gasteiger partial charge in [-0.15, -0.1) is 11.3 Å². The maximum absolute atomic E-state index is 12.8. The predicted molar refractivity (Wildman–Crippen MR) is 137 cm³/mol. The molecule has 3 aromatic rings. The monoisotopic (exact) mass is 495 g/mol. The summed E-state index contributed by atoms with van der Waals surface area (Å²) in [7, 11) is 1.64. The van der Waals surface area contributed by atoms with Crippen LogP contribution < -0.4 is 15.0 Å². The highest BCUT2D eigenvalue weighted by Crippen LogP contribution is 2.26. The Bertz CT molecular complexity index is 1120. The first-order valence-corrected chi connectivity index (χ1v) is 13.2. The molecule has 2 aliphatic heterocycles. The van der Waals surface area contributed by atoms with Crippen molar-refractivity contribution < 1.29 is 14.1 Å². The van der Waals surface area contributed by atoms with Crippen molar-refractivity contribution in [1.82, 2.24) is 20.4 Å². The van der Waals surface area contributed by atoms with Gasteiger partial charge in [0, 0.05) is 54.0 Å². The fourth-order valence-electron chi connectivity index (χ4n) is 4.94. The average Bonchev–Trinajstić information content (AvgIpc) is 3.65. The van der Waals surface area contributed by atoms with Gasteiger partial charge >= 0.3 is 6.01 Å². The number of benzene rings is 1. The third kappa shape index (κ3) is 5.85. The van der Waals surface area contributed by atoms with E-state index in [0.717, 1.165) is 69.8 Å². The van der Waals surface area contributed by atoms with E-state index in [1.807, 2.05) is 35.6 Å². The molecule has 1 N–H and O–H groups in total. The third-order valence-corrected chi connectivity index (χ3v) is 8.00. The molecule has 35 heavy (non-hydrogen) atoms. The number of carbonyl (C=O) groups excluding carboxylic acids is 1. The molecule has 5 rings (SSSR count). The van der Waals surface area contributed by atoms with Crippen molar-refractivity contribution in [2.24, 2.45) is 11.8 Å². The van der Waals surface area contributed by atoms with Gasteiger partial charge in [-0.05, 0) is 75.0 Å². The summed E-state index contributed by atoms with van der Waals surface area (Å²) in [4.78, 5) is 24.7. The summed E-state index contributed by atoms with van der Waals surface area (Å²) < 4.78 is 10.7. The summed E-state index contributed by atoms with van der Waals surface area (Å²) in [5.41, 5.74) is 0.881. The van der Waals surface area contributed by atoms with Crippen LogP contribution in [0.25, 0.3) is 11.4 Å². The minimum Gasteiger partial charge on any atom is -0.497 e. The number of thiophene rings is 1. The Morgan fingerprint density at radius 3 is 2.66 bits per heavy atom. The van der Waals surface area contributed by atoms with Crippen LogP contribution in [-0.2, 0) is 11.3 Å². The summed E-state index contributed by atoms with van der Waals surface area (Å²) >= 11 is 1.88. The third-order valence-electron chi connectivity index (χ3n) is 7.01. The Morgan fingerprint density at radius 1 is 1.14 bits per heavy atom. The zero-order chi connectivity index (χ0) is 24.2. The zero-order valence-electron chi connectivity index (χ0n) is 20.4. The number of carbonyl (C=O) groups is 1. The molecule has 1 amide bonds. The summed E-state index contributed by atoms with van der Waals surface area (Å²) in [6.45, 7) is 7.59. The number of amides is 1. The van der Waals surface area contributed by atoms with E-state index in [9.17, 15) is 4.79 Å². The molecule has 2 saturated heterocycles. The Balaban J connectivity index is 1.05. The molecule has 2 aromatic heterocycles. The molecule has 0 radical (unpaired) electrons. The number of piperidine rings is 1. The number of hydrogen-bond donors (Lipinski definition) is 1. The second kappa shape index (κ2) is 10.8. The van der Waals surface area contributed by atoms with Gasteiger partial charge < -0.3 is 19.5 Å². The van der Waals surface area contributed by atoms with E-state index in [-0.39, 0.29) is 11.8 Å². The summed E-state index contributed by atoms with van der Waals surface area (Å²) in [5.74, 6) is 2.11. The second-order valence-electron chi connectivity index (χ2n) is 9.54. The maximum Gasteiger partial charge on any atom is 0.324 e. The number of methoxy groups -OCH3 is 1. The van der Waals surface area contributed by atoms with Gasteiger partial charge in [0.1, 0.15) is 5.75 Å². The highest BCUT2D eigenvalue weighted by Gasteiger charge is 2.29. The number of aromatic nitrogens is 2. The molecule has 4 heterocycles. The fourth-order valence-corrected chi connectivity index (χ4v) is 5.87. The Labute approximate surface area is 210 Å². The molecule has 186 valence electrons. The topological polar surface area (TPSA) is 83.7 Å². The van der Waals surface area contributed by atoms with Crippen LogP contribution in [0.3, 0.4) is 0 Å². The SMILES string of the molecule is COc1ccc(-c2noc(N3CCC(C(=O)NCC4CCN(Cc5ccc(C)s5)C4)CC3)n2)cc1. The second-order valence-corrected chi connectivity index (χ2v) is 10.9. The van der Waals surface area contributed by atoms with Gasteiger partial charge in [0.2, 0.25) is 11.7 Å². The quantitative estimate of drug-likeness (QED) is 0.506. The first-order chi connectivity index (χ1) is 17.1. The van der Waals surface area contributed by atoms with Crippen LogP contribution >= 0.6 is 11.3 Å². The van der Waals surface area contributed by atoms with E-state index in [4.69, 9.17) is 9.26 Å². The number of aryl methyl sites for hydroxylation is 1. The fraction of sp³-hybridized carbons (Fsp3) is 0.500. The Morgan fingerprint density at radius 2 is 1.94 bits per heavy atom. The molecule has 1 aromatic carbocycles. The normalized spacial score (nSPS) is 19.3. The Kier molecular flexibility index (Phi) is 7.34. The van der Waals surface area contributed by atoms with E-state index in [2.05, 4.69) is 44.3 Å². The van der Waals surface area contributed by atoms with Crippen LogP contribution in [0, 0.1) is 18.8 Å². The van der Waals surface area contributed by atoms with Crippen molar-refractivity contribution in [3.63, 3.8) is 0 Å². The number of nitrogens with one attached hydrogen (secondary N) is 1. The number of hydrogen-bond acceptors (Lipinski definition) is 8. The largest absolute Gasteiger partial charge is 0.497 e. The lowest BCUT2D eigenvalue weighted by molar-refractivity contribution is -0.125. The van der Waals surface area contributed by atoms with E-state index in [1.54, 1.807) is 7.11 Å². The standard InChI is InChI=1S/C26H33N5O3S/c1-18-3-8-23(35-18)17-30-12-9-19(16-30)15-27-25(32)21-10-13-31(14-11-21)26-28-24(29-34-26)20-4-6-22(33-2)7-5-20/h3-8,19,21H,9-17H2,1-2H3,(H,27,32). The molecule has 0 aliphatic carbocycles. The molecule has 1 atom stereocenters. The molecule has 9 heteroatoms. The van der Waals surface area contributed by atoms with Crippen molar-refractivity contribution in [2.45, 2.75) is 32.7 Å². The van der Waals surface area contributed by atoms with Crippen LogP contribution in [-0.4, -0.2) is 60.8 Å². The van der Waals surface area contributed by atoms with Crippen LogP contribution in [0.1, 0.15) is 29.0 Å². The number of ether oxygens (including phenoxy) is 1. The van der Waals surface area contributed by atoms with Crippen molar-refractivity contribution in [3.8, 4) is 17.1 Å². The van der Waals surface area contributed by atoms with Gasteiger partial charge in [0.25, 0.3) is 0 Å². The lowest BCUT2D eigenvalue weighted by Gasteiger charge is -2.30. The van der Waals surface area contributed by atoms with E-state index >= 15 is 0 Å². The van der Waals surface area contributed by atoms with E-state index in [0.29, 0.717) is 17.8 Å². The predicted octanol–water partition coefficient (Wildman–Crippen LogP) is 3.97. The number of nitrogens with zero attached hydrogens (tertiary/aromatic N) is 4. The van der Waals surface area contributed by atoms with Crippen LogP contribution in [0.5, 0.6) is 5.75 Å². The number of anilines is 1. The number of likely N-dealkylation sites (tertiary alicyclic amines) is 1. The Hall–Kier alpha value is -2.91. The van der Waals surface area contributed by atoms with Gasteiger partial charge in [0.15, 0.2) is 0 Å².